The van der Waals surface area contributed by atoms with Gasteiger partial charge in [0.2, 0.25) is 5.82 Å². The highest BCUT2D eigenvalue weighted by atomic mass is 16.5. The van der Waals surface area contributed by atoms with E-state index in [9.17, 15) is 0 Å². The Hall–Kier alpha value is -3.48. The van der Waals surface area contributed by atoms with Crippen molar-refractivity contribution in [2.75, 3.05) is 5.32 Å². The Morgan fingerprint density at radius 2 is 1.77 bits per heavy atom. The van der Waals surface area contributed by atoms with Gasteiger partial charge >= 0.3 is 0 Å². The Morgan fingerprint density at radius 1 is 0.923 bits per heavy atom. The van der Waals surface area contributed by atoms with E-state index in [2.05, 4.69) is 25.7 Å². The van der Waals surface area contributed by atoms with E-state index in [1.54, 1.807) is 6.07 Å². The summed E-state index contributed by atoms with van der Waals surface area (Å²) in [7, 11) is 0. The Labute approximate surface area is 150 Å². The van der Waals surface area contributed by atoms with Crippen LogP contribution in [0.2, 0.25) is 0 Å². The summed E-state index contributed by atoms with van der Waals surface area (Å²) in [6.45, 7) is 4.48. The van der Waals surface area contributed by atoms with Gasteiger partial charge in [0.1, 0.15) is 17.3 Å². The van der Waals surface area contributed by atoms with Gasteiger partial charge in [-0.25, -0.2) is 0 Å². The van der Waals surface area contributed by atoms with E-state index in [-0.39, 0.29) is 0 Å². The van der Waals surface area contributed by atoms with Crippen LogP contribution in [-0.2, 0) is 6.54 Å². The lowest BCUT2D eigenvalue weighted by Gasteiger charge is -2.02. The highest BCUT2D eigenvalue weighted by molar-refractivity contribution is 5.58. The molecule has 0 unspecified atom stereocenters. The number of hydrogen-bond acceptors (Lipinski definition) is 7. The zero-order chi connectivity index (χ0) is 17.9. The Morgan fingerprint density at radius 3 is 2.46 bits per heavy atom. The molecule has 0 aliphatic heterocycles. The van der Waals surface area contributed by atoms with Gasteiger partial charge in [0, 0.05) is 5.56 Å². The molecule has 0 aliphatic carbocycles. The highest BCUT2D eigenvalue weighted by Gasteiger charge is 2.12. The van der Waals surface area contributed by atoms with Gasteiger partial charge in [0.05, 0.1) is 6.54 Å². The summed E-state index contributed by atoms with van der Waals surface area (Å²) in [6, 6.07) is 15.4. The predicted molar refractivity (Wildman–Crippen MR) is 96.3 cm³/mol. The average molecular weight is 347 g/mol. The molecule has 3 heterocycles. The van der Waals surface area contributed by atoms with Crippen molar-refractivity contribution in [1.82, 2.24) is 20.3 Å². The molecule has 4 rings (SSSR count). The number of nitrogens with zero attached hydrogens (tertiary/aromatic N) is 4. The molecule has 0 bridgehead atoms. The second-order valence-electron chi connectivity index (χ2n) is 5.96. The van der Waals surface area contributed by atoms with Crippen LogP contribution >= 0.6 is 0 Å². The number of hydrogen-bond donors (Lipinski definition) is 1. The molecular weight excluding hydrogens is 330 g/mol. The first-order chi connectivity index (χ1) is 12.7. The van der Waals surface area contributed by atoms with Crippen molar-refractivity contribution in [1.29, 1.82) is 0 Å². The first-order valence-electron chi connectivity index (χ1n) is 8.21. The Balaban J connectivity index is 1.46. The quantitative estimate of drug-likeness (QED) is 0.583. The van der Waals surface area contributed by atoms with Gasteiger partial charge in [-0.2, -0.15) is 4.98 Å². The number of nitrogens with one attached hydrogen (secondary N) is 1. The highest BCUT2D eigenvalue weighted by Crippen LogP contribution is 2.21. The van der Waals surface area contributed by atoms with Crippen LogP contribution in [0, 0.1) is 13.8 Å². The van der Waals surface area contributed by atoms with Crippen LogP contribution in [0.3, 0.4) is 0 Å². The van der Waals surface area contributed by atoms with Crippen molar-refractivity contribution in [3.05, 3.63) is 65.6 Å². The van der Waals surface area contributed by atoms with Crippen LogP contribution in [-0.4, -0.2) is 20.3 Å². The van der Waals surface area contributed by atoms with E-state index in [1.165, 1.54) is 5.56 Å². The van der Waals surface area contributed by atoms with E-state index in [1.807, 2.05) is 56.3 Å². The molecule has 7 heteroatoms. The third kappa shape index (κ3) is 3.46. The maximum atomic E-state index is 5.51. The molecule has 1 N–H and O–H groups in total. The van der Waals surface area contributed by atoms with Crippen LogP contribution < -0.4 is 5.32 Å². The van der Waals surface area contributed by atoms with Crippen molar-refractivity contribution < 1.29 is 8.94 Å². The Bertz CT molecular complexity index is 1000. The van der Waals surface area contributed by atoms with Crippen LogP contribution in [0.15, 0.2) is 57.5 Å². The predicted octanol–water partition coefficient (Wildman–Crippen LogP) is 4.02. The maximum Gasteiger partial charge on any atom is 0.278 e. The fourth-order valence-corrected chi connectivity index (χ4v) is 2.45. The third-order valence-electron chi connectivity index (χ3n) is 3.86. The smallest absolute Gasteiger partial charge is 0.278 e. The summed E-state index contributed by atoms with van der Waals surface area (Å²) in [5.41, 5.74) is 2.59. The minimum Gasteiger partial charge on any atom is -0.465 e. The van der Waals surface area contributed by atoms with Crippen molar-refractivity contribution in [3.63, 3.8) is 0 Å². The van der Waals surface area contributed by atoms with Crippen molar-refractivity contribution in [2.24, 2.45) is 0 Å². The Kier molecular flexibility index (Phi) is 4.18. The number of rotatable bonds is 5. The molecule has 0 saturated heterocycles. The van der Waals surface area contributed by atoms with Crippen molar-refractivity contribution in [3.8, 4) is 23.0 Å². The standard InChI is InChI=1S/C19H17N5O2/c1-12-3-6-14(7-4-12)18-21-19(26-24-18)16-9-10-17(23-22-16)20-11-15-8-5-13(2)25-15/h3-10H,11H2,1-2H3,(H,20,23). The lowest BCUT2D eigenvalue weighted by molar-refractivity contribution is 0.430. The van der Waals surface area contributed by atoms with Gasteiger partial charge in [0.25, 0.3) is 5.89 Å². The zero-order valence-electron chi connectivity index (χ0n) is 14.4. The van der Waals surface area contributed by atoms with Crippen LogP contribution in [0.4, 0.5) is 5.82 Å². The normalized spacial score (nSPS) is 10.8. The molecule has 0 fully saturated rings. The topological polar surface area (TPSA) is 89.9 Å². The minimum atomic E-state index is 0.335. The molecule has 130 valence electrons. The van der Waals surface area contributed by atoms with Crippen LogP contribution in [0.1, 0.15) is 17.1 Å². The minimum absolute atomic E-state index is 0.335. The number of furan rings is 1. The fourth-order valence-electron chi connectivity index (χ4n) is 2.45. The molecule has 4 aromatic rings. The monoisotopic (exact) mass is 347 g/mol. The summed E-state index contributed by atoms with van der Waals surface area (Å²) >= 11 is 0. The molecule has 7 nitrogen and oxygen atoms in total. The maximum absolute atomic E-state index is 5.51. The molecule has 26 heavy (non-hydrogen) atoms. The largest absolute Gasteiger partial charge is 0.465 e. The number of anilines is 1. The van der Waals surface area contributed by atoms with Gasteiger partial charge in [-0.3, -0.25) is 0 Å². The van der Waals surface area contributed by atoms with Gasteiger partial charge < -0.3 is 14.3 Å². The molecular formula is C19H17N5O2. The first-order valence-corrected chi connectivity index (χ1v) is 8.21. The van der Waals surface area contributed by atoms with Gasteiger partial charge in [-0.15, -0.1) is 10.2 Å². The molecule has 0 aliphatic rings. The molecule has 0 amide bonds. The lowest BCUT2D eigenvalue weighted by atomic mass is 10.1. The molecule has 0 saturated carbocycles. The number of aryl methyl sites for hydroxylation is 2. The van der Waals surface area contributed by atoms with Gasteiger partial charge in [0.15, 0.2) is 5.69 Å². The van der Waals surface area contributed by atoms with Crippen molar-refractivity contribution >= 4 is 5.82 Å². The summed E-state index contributed by atoms with van der Waals surface area (Å²) in [5.74, 6) is 3.22. The van der Waals surface area contributed by atoms with E-state index in [0.717, 1.165) is 17.1 Å². The number of benzene rings is 1. The van der Waals surface area contributed by atoms with E-state index in [4.69, 9.17) is 8.94 Å². The second-order valence-corrected chi connectivity index (χ2v) is 5.96. The van der Waals surface area contributed by atoms with E-state index >= 15 is 0 Å². The van der Waals surface area contributed by atoms with E-state index in [0.29, 0.717) is 29.8 Å². The van der Waals surface area contributed by atoms with Gasteiger partial charge in [-0.05, 0) is 38.1 Å². The molecule has 0 atom stereocenters. The second kappa shape index (κ2) is 6.79. The average Bonchev–Trinajstić information content (AvgIpc) is 3.30. The summed E-state index contributed by atoms with van der Waals surface area (Å²) < 4.78 is 10.8. The van der Waals surface area contributed by atoms with E-state index < -0.39 is 0 Å². The summed E-state index contributed by atoms with van der Waals surface area (Å²) in [6.07, 6.45) is 0. The summed E-state index contributed by atoms with van der Waals surface area (Å²) in [4.78, 5) is 4.39. The van der Waals surface area contributed by atoms with Gasteiger partial charge in [-0.1, -0.05) is 35.0 Å². The zero-order valence-corrected chi connectivity index (χ0v) is 14.4. The molecule has 1 aromatic carbocycles. The lowest BCUT2D eigenvalue weighted by Crippen LogP contribution is -2.01. The molecule has 0 spiro atoms. The molecule has 3 aromatic heterocycles. The number of aromatic nitrogens is 4. The summed E-state index contributed by atoms with van der Waals surface area (Å²) in [5, 5.41) is 15.5. The molecule has 0 radical (unpaired) electrons. The van der Waals surface area contributed by atoms with Crippen LogP contribution in [0.5, 0.6) is 0 Å². The third-order valence-corrected chi connectivity index (χ3v) is 3.86. The SMILES string of the molecule is Cc1ccc(-c2noc(-c3ccc(NCc4ccc(C)o4)nn3)n2)cc1. The fraction of sp³-hybridized carbons (Fsp3) is 0.158. The first kappa shape index (κ1) is 16.0. The van der Waals surface area contributed by atoms with Crippen LogP contribution in [0.25, 0.3) is 23.0 Å². The van der Waals surface area contributed by atoms with Crippen molar-refractivity contribution in [2.45, 2.75) is 20.4 Å².